The fraction of sp³-hybridized carbons (Fsp3) is 0.921. The van der Waals surface area contributed by atoms with Crippen molar-refractivity contribution < 1.29 is 59.8 Å². The van der Waals surface area contributed by atoms with Gasteiger partial charge in [0, 0.05) is 12.3 Å². The smallest absolute Gasteiger partial charge is 0.302 e. The summed E-state index contributed by atoms with van der Waals surface area (Å²) in [6.07, 6.45) is -5.33. The molecule has 1 heterocycles. The molecule has 0 amide bonds. The van der Waals surface area contributed by atoms with Gasteiger partial charge in [0.05, 0.1) is 17.8 Å². The van der Waals surface area contributed by atoms with Gasteiger partial charge in [-0.2, -0.15) is 0 Å². The third kappa shape index (κ3) is 6.21. The summed E-state index contributed by atoms with van der Waals surface area (Å²) in [5.74, 6) is -0.278. The first-order valence-corrected chi connectivity index (χ1v) is 18.6. The van der Waals surface area contributed by atoms with Crippen molar-refractivity contribution in [3.05, 3.63) is 12.2 Å². The van der Waals surface area contributed by atoms with E-state index in [-0.39, 0.29) is 41.1 Å². The highest BCUT2D eigenvalue weighted by Crippen LogP contribution is 2.76. The molecule has 0 aromatic rings. The minimum Gasteiger partial charge on any atom is -0.463 e. The van der Waals surface area contributed by atoms with Crippen LogP contribution in [0.2, 0.25) is 0 Å². The molecule has 5 fully saturated rings. The molecule has 12 nitrogen and oxygen atoms in total. The molecule has 5 aliphatic rings. The largest absolute Gasteiger partial charge is 0.463 e. The van der Waals surface area contributed by atoms with Gasteiger partial charge < -0.3 is 44.8 Å². The molecular formula is C38H64O12. The number of hydrogen-bond acceptors (Lipinski definition) is 12. The zero-order valence-electron chi connectivity index (χ0n) is 31.2. The van der Waals surface area contributed by atoms with E-state index in [9.17, 15) is 40.7 Å². The summed E-state index contributed by atoms with van der Waals surface area (Å²) in [5, 5.41) is 77.4. The van der Waals surface area contributed by atoms with Gasteiger partial charge in [0.15, 0.2) is 6.29 Å². The average Bonchev–Trinajstić information content (AvgIpc) is 3.40. The molecular weight excluding hydrogens is 648 g/mol. The number of fused-ring (bicyclic) bond motifs is 5. The predicted molar refractivity (Wildman–Crippen MR) is 182 cm³/mol. The van der Waals surface area contributed by atoms with E-state index in [2.05, 4.69) is 32.2 Å². The Morgan fingerprint density at radius 2 is 1.54 bits per heavy atom. The van der Waals surface area contributed by atoms with Gasteiger partial charge in [-0.15, -0.1) is 0 Å². The maximum atomic E-state index is 12.2. The summed E-state index contributed by atoms with van der Waals surface area (Å²) in [6, 6.07) is 0. The molecule has 17 atom stereocenters. The maximum absolute atomic E-state index is 12.2. The van der Waals surface area contributed by atoms with Crippen LogP contribution in [0.25, 0.3) is 0 Å². The second-order valence-electron chi connectivity index (χ2n) is 18.1. The number of carbonyl (C=O) groups excluding carboxylic acids is 1. The number of ether oxygens (including phenoxy) is 3. The summed E-state index contributed by atoms with van der Waals surface area (Å²) < 4.78 is 17.1. The van der Waals surface area contributed by atoms with Gasteiger partial charge >= 0.3 is 5.97 Å². The van der Waals surface area contributed by atoms with Crippen molar-refractivity contribution in [2.75, 3.05) is 6.61 Å². The Labute approximate surface area is 297 Å². The van der Waals surface area contributed by atoms with Crippen LogP contribution in [-0.4, -0.2) is 109 Å². The van der Waals surface area contributed by atoms with Gasteiger partial charge in [-0.1, -0.05) is 41.2 Å². The third-order valence-corrected chi connectivity index (χ3v) is 15.3. The molecule has 50 heavy (non-hydrogen) atoms. The number of hydrogen-bond donors (Lipinski definition) is 7. The first-order valence-electron chi connectivity index (χ1n) is 18.6. The van der Waals surface area contributed by atoms with Crippen molar-refractivity contribution >= 4 is 5.97 Å². The summed E-state index contributed by atoms with van der Waals surface area (Å²) in [5.41, 5.74) is -1.94. The van der Waals surface area contributed by atoms with Gasteiger partial charge in [0.25, 0.3) is 0 Å². The van der Waals surface area contributed by atoms with E-state index in [0.29, 0.717) is 18.4 Å². The van der Waals surface area contributed by atoms with Crippen LogP contribution in [0.3, 0.4) is 0 Å². The highest BCUT2D eigenvalue weighted by Gasteiger charge is 2.73. The molecule has 0 radical (unpaired) electrons. The Bertz CT molecular complexity index is 1260. The molecule has 4 unspecified atom stereocenters. The van der Waals surface area contributed by atoms with Gasteiger partial charge in [-0.3, -0.25) is 10.1 Å². The number of carbonyl (C=O) groups is 1. The Balaban J connectivity index is 1.38. The van der Waals surface area contributed by atoms with Crippen molar-refractivity contribution in [3.63, 3.8) is 0 Å². The molecule has 1 aliphatic heterocycles. The van der Waals surface area contributed by atoms with E-state index in [0.717, 1.165) is 38.5 Å². The maximum Gasteiger partial charge on any atom is 0.302 e. The minimum atomic E-state index is -1.65. The second kappa shape index (κ2) is 13.9. The lowest BCUT2D eigenvalue weighted by molar-refractivity contribution is -0.355. The average molecular weight is 713 g/mol. The fourth-order valence-electron chi connectivity index (χ4n) is 12.3. The standard InChI is InChI=1S/C38H64O12/c1-19(2)23(50-46)13-17-37(8,45)22-12-15-35(6)21(22)10-11-26-36(35,7)16-14-25-34(4,5)32(30(43)31(44)38(25,26)9)49-33-29(42)28(41)27(40)24(48-33)18-47-20(3)39/h21-33,40-46H,1,10-18H2,2-9H3/t21-,22+,23?,24-,25+,26+,27-,28+,29-,30?,31?,32?,33+,35-,36-,37+,38+/m1/s1. The Hall–Kier alpha value is -1.19. The van der Waals surface area contributed by atoms with E-state index >= 15 is 0 Å². The summed E-state index contributed by atoms with van der Waals surface area (Å²) >= 11 is 0. The lowest BCUT2D eigenvalue weighted by Crippen LogP contribution is -2.73. The molecule has 5 rings (SSSR count). The molecule has 12 heteroatoms. The molecule has 4 saturated carbocycles. The molecule has 1 saturated heterocycles. The number of aliphatic hydroxyl groups is 6. The topological polar surface area (TPSA) is 196 Å². The summed E-state index contributed by atoms with van der Waals surface area (Å²) in [7, 11) is 0. The lowest BCUT2D eigenvalue weighted by Gasteiger charge is -2.71. The number of rotatable bonds is 10. The quantitative estimate of drug-likeness (QED) is 0.0575. The lowest BCUT2D eigenvalue weighted by atomic mass is 9.34. The van der Waals surface area contributed by atoms with E-state index in [1.54, 1.807) is 6.92 Å². The van der Waals surface area contributed by atoms with Gasteiger partial charge in [0.1, 0.15) is 43.2 Å². The van der Waals surface area contributed by atoms with Gasteiger partial charge in [-0.05, 0) is 111 Å². The zero-order valence-corrected chi connectivity index (χ0v) is 31.2. The van der Waals surface area contributed by atoms with Crippen LogP contribution in [0.5, 0.6) is 0 Å². The highest BCUT2D eigenvalue weighted by atomic mass is 17.1. The molecule has 0 aromatic heterocycles. The SMILES string of the molecule is C=C(C)C(CC[C@](C)(O)[C@H]1CC[C@]2(C)[C@@H]1CC[C@@H]1[C@@]3(C)C(O)C(O)C(O[C@@H]4O[C@H](COC(C)=O)[C@@H](O)[C@H](O)[C@H]4O)C(C)(C)[C@@H]3CC[C@]12C)OO. The van der Waals surface area contributed by atoms with E-state index in [1.807, 2.05) is 20.8 Å². The Kier molecular flexibility index (Phi) is 11.1. The molecule has 288 valence electrons. The normalized spacial score (nSPS) is 48.8. The number of aliphatic hydroxyl groups excluding tert-OH is 5. The third-order valence-electron chi connectivity index (χ3n) is 15.3. The van der Waals surface area contributed by atoms with Crippen LogP contribution in [0.4, 0.5) is 0 Å². The molecule has 0 spiro atoms. The number of esters is 1. The van der Waals surface area contributed by atoms with Crippen LogP contribution >= 0.6 is 0 Å². The molecule has 7 N–H and O–H groups in total. The van der Waals surface area contributed by atoms with Crippen LogP contribution in [-0.2, 0) is 23.9 Å². The molecule has 0 aromatic carbocycles. The Morgan fingerprint density at radius 1 is 0.900 bits per heavy atom. The van der Waals surface area contributed by atoms with Crippen molar-refractivity contribution in [2.45, 2.75) is 167 Å². The Morgan fingerprint density at radius 3 is 2.14 bits per heavy atom. The van der Waals surface area contributed by atoms with Crippen molar-refractivity contribution in [3.8, 4) is 0 Å². The predicted octanol–water partition coefficient (Wildman–Crippen LogP) is 3.33. The van der Waals surface area contributed by atoms with E-state index < -0.39 is 77.5 Å². The fourth-order valence-corrected chi connectivity index (χ4v) is 12.3. The minimum absolute atomic E-state index is 0.0665. The first kappa shape index (κ1) is 40.0. The zero-order chi connectivity index (χ0) is 37.4. The van der Waals surface area contributed by atoms with Gasteiger partial charge in [0.2, 0.25) is 0 Å². The van der Waals surface area contributed by atoms with Crippen LogP contribution in [0.1, 0.15) is 107 Å². The van der Waals surface area contributed by atoms with Crippen LogP contribution in [0.15, 0.2) is 12.2 Å². The van der Waals surface area contributed by atoms with E-state index in [1.165, 1.54) is 6.92 Å². The highest BCUT2D eigenvalue weighted by molar-refractivity contribution is 5.65. The monoisotopic (exact) mass is 712 g/mol. The molecule has 4 aliphatic carbocycles. The van der Waals surface area contributed by atoms with Gasteiger partial charge in [-0.25, -0.2) is 4.89 Å². The van der Waals surface area contributed by atoms with Crippen molar-refractivity contribution in [2.24, 2.45) is 45.3 Å². The summed E-state index contributed by atoms with van der Waals surface area (Å²) in [6.45, 7) is 19.3. The van der Waals surface area contributed by atoms with Crippen molar-refractivity contribution in [1.29, 1.82) is 0 Å². The first-order chi connectivity index (χ1) is 23.1. The van der Waals surface area contributed by atoms with Crippen LogP contribution < -0.4 is 0 Å². The molecule has 0 bridgehead atoms. The van der Waals surface area contributed by atoms with Crippen LogP contribution in [0, 0.1) is 45.3 Å². The van der Waals surface area contributed by atoms with E-state index in [4.69, 9.17) is 14.2 Å². The second-order valence-corrected chi connectivity index (χ2v) is 18.1. The van der Waals surface area contributed by atoms with Crippen molar-refractivity contribution in [1.82, 2.24) is 0 Å². The summed E-state index contributed by atoms with van der Waals surface area (Å²) in [4.78, 5) is 16.1.